The van der Waals surface area contributed by atoms with Crippen molar-refractivity contribution in [3.8, 4) is 0 Å². The van der Waals surface area contributed by atoms with E-state index in [-0.39, 0.29) is 12.8 Å². The lowest BCUT2D eigenvalue weighted by atomic mass is 9.77. The number of aliphatic imine (C=N–C) groups is 1. The lowest BCUT2D eigenvalue weighted by Crippen LogP contribution is -2.58. The first-order chi connectivity index (χ1) is 16.4. The van der Waals surface area contributed by atoms with Crippen molar-refractivity contribution in [3.05, 3.63) is 84.6 Å². The second kappa shape index (κ2) is 8.22. The molecule has 2 atom stereocenters. The molecule has 1 saturated heterocycles. The number of para-hydroxylation sites is 2. The third-order valence-corrected chi connectivity index (χ3v) is 6.32. The number of anilines is 2. The molecule has 0 spiro atoms. The van der Waals surface area contributed by atoms with Crippen LogP contribution in [0.25, 0.3) is 0 Å². The third-order valence-electron chi connectivity index (χ3n) is 6.32. The van der Waals surface area contributed by atoms with Crippen LogP contribution in [0.3, 0.4) is 0 Å². The predicted octanol–water partition coefficient (Wildman–Crippen LogP) is 3.05. The Morgan fingerprint density at radius 3 is 2.41 bits per heavy atom. The second-order valence-corrected chi connectivity index (χ2v) is 8.53. The summed E-state index contributed by atoms with van der Waals surface area (Å²) in [7, 11) is 0. The van der Waals surface area contributed by atoms with Crippen LogP contribution in [-0.2, 0) is 19.2 Å². The number of carbonyl (C=O) groups excluding carboxylic acids is 4. The molecule has 0 aliphatic carbocycles. The highest BCUT2D eigenvalue weighted by molar-refractivity contribution is 6.25. The van der Waals surface area contributed by atoms with Gasteiger partial charge in [-0.3, -0.25) is 24.1 Å². The zero-order valence-electron chi connectivity index (χ0n) is 18.5. The van der Waals surface area contributed by atoms with Gasteiger partial charge in [-0.15, -0.1) is 0 Å². The molecule has 2 aromatic carbocycles. The molecule has 5 rings (SSSR count). The van der Waals surface area contributed by atoms with E-state index < -0.39 is 35.1 Å². The number of nitrogens with one attached hydrogen (secondary N) is 1. The Labute approximate surface area is 196 Å². The molecule has 3 aliphatic heterocycles. The Hall–Kier alpha value is -4.33. The SMILES string of the molecule is CC1=CN2C(=NC(=O)C2(CC(=O)Nc2ccccc2)C2CC(=O)N(c3ccccc3)C2=O)C=C1. The first-order valence-electron chi connectivity index (χ1n) is 11.0. The summed E-state index contributed by atoms with van der Waals surface area (Å²) < 4.78 is 0. The van der Waals surface area contributed by atoms with E-state index in [0.717, 1.165) is 10.5 Å². The van der Waals surface area contributed by atoms with Gasteiger partial charge in [-0.2, -0.15) is 4.99 Å². The fourth-order valence-corrected chi connectivity index (χ4v) is 4.74. The molecular formula is C26H22N4O4. The van der Waals surface area contributed by atoms with Crippen LogP contribution >= 0.6 is 0 Å². The van der Waals surface area contributed by atoms with Gasteiger partial charge in [0.25, 0.3) is 5.91 Å². The molecule has 1 N–H and O–H groups in total. The molecule has 0 radical (unpaired) electrons. The molecule has 3 aliphatic rings. The summed E-state index contributed by atoms with van der Waals surface area (Å²) in [5.41, 5.74) is 0.189. The number of amides is 4. The second-order valence-electron chi connectivity index (χ2n) is 8.53. The molecule has 0 aromatic heterocycles. The molecule has 2 unspecified atom stereocenters. The van der Waals surface area contributed by atoms with Crippen molar-refractivity contribution in [2.45, 2.75) is 25.3 Å². The largest absolute Gasteiger partial charge is 0.326 e. The van der Waals surface area contributed by atoms with Crippen LogP contribution in [0.4, 0.5) is 11.4 Å². The van der Waals surface area contributed by atoms with Crippen molar-refractivity contribution >= 4 is 40.8 Å². The Morgan fingerprint density at radius 1 is 1.03 bits per heavy atom. The minimum atomic E-state index is -1.64. The molecule has 3 heterocycles. The highest BCUT2D eigenvalue weighted by Gasteiger charge is 2.62. The van der Waals surface area contributed by atoms with E-state index in [1.165, 1.54) is 0 Å². The average Bonchev–Trinajstić information content (AvgIpc) is 3.27. The number of benzene rings is 2. The summed E-state index contributed by atoms with van der Waals surface area (Å²) in [6.07, 6.45) is 4.66. The number of allylic oxidation sites excluding steroid dienone is 2. The van der Waals surface area contributed by atoms with E-state index in [0.29, 0.717) is 17.2 Å². The van der Waals surface area contributed by atoms with E-state index in [1.54, 1.807) is 77.8 Å². The summed E-state index contributed by atoms with van der Waals surface area (Å²) in [5, 5.41) is 2.80. The van der Waals surface area contributed by atoms with Gasteiger partial charge in [0.1, 0.15) is 11.4 Å². The maximum Gasteiger partial charge on any atom is 0.275 e. The number of hydrogen-bond donors (Lipinski definition) is 1. The average molecular weight is 454 g/mol. The van der Waals surface area contributed by atoms with Crippen molar-refractivity contribution in [1.82, 2.24) is 4.90 Å². The van der Waals surface area contributed by atoms with Gasteiger partial charge in [0, 0.05) is 18.3 Å². The number of carbonyl (C=O) groups is 4. The summed E-state index contributed by atoms with van der Waals surface area (Å²) in [6.45, 7) is 1.85. The van der Waals surface area contributed by atoms with Crippen LogP contribution in [-0.4, -0.2) is 39.9 Å². The predicted molar refractivity (Wildman–Crippen MR) is 127 cm³/mol. The van der Waals surface area contributed by atoms with E-state index in [1.807, 2.05) is 13.0 Å². The van der Waals surface area contributed by atoms with Crippen LogP contribution in [0, 0.1) is 5.92 Å². The molecule has 4 amide bonds. The van der Waals surface area contributed by atoms with Gasteiger partial charge in [0.2, 0.25) is 17.7 Å². The zero-order valence-corrected chi connectivity index (χ0v) is 18.5. The van der Waals surface area contributed by atoms with Crippen molar-refractivity contribution < 1.29 is 19.2 Å². The molecule has 0 bridgehead atoms. The minimum Gasteiger partial charge on any atom is -0.326 e. The molecule has 170 valence electrons. The van der Waals surface area contributed by atoms with E-state index in [4.69, 9.17) is 0 Å². The number of rotatable bonds is 5. The van der Waals surface area contributed by atoms with Gasteiger partial charge in [-0.1, -0.05) is 42.5 Å². The lowest BCUT2D eigenvalue weighted by molar-refractivity contribution is -0.137. The van der Waals surface area contributed by atoms with Gasteiger partial charge >= 0.3 is 0 Å². The van der Waals surface area contributed by atoms with E-state index in [2.05, 4.69) is 10.3 Å². The maximum absolute atomic E-state index is 13.7. The minimum absolute atomic E-state index is 0.200. The van der Waals surface area contributed by atoms with Crippen molar-refractivity contribution in [1.29, 1.82) is 0 Å². The third kappa shape index (κ3) is 3.44. The lowest BCUT2D eigenvalue weighted by Gasteiger charge is -2.39. The molecule has 34 heavy (non-hydrogen) atoms. The molecule has 8 heteroatoms. The normalized spacial score (nSPS) is 23.7. The van der Waals surface area contributed by atoms with E-state index >= 15 is 0 Å². The first-order valence-corrected chi connectivity index (χ1v) is 11.0. The summed E-state index contributed by atoms with van der Waals surface area (Å²) in [4.78, 5) is 60.2. The Balaban J connectivity index is 1.55. The fraction of sp³-hybridized carbons (Fsp3) is 0.192. The van der Waals surface area contributed by atoms with Gasteiger partial charge in [-0.05, 0) is 42.8 Å². The standard InChI is InChI=1S/C26H22N4O4/c1-17-12-13-21-28-25(34)26(29(21)16-17,15-22(31)27-18-8-4-2-5-9-18)20-14-23(32)30(24(20)33)19-10-6-3-7-11-19/h2-13,16,20H,14-15H2,1H3,(H,27,31). The van der Waals surface area contributed by atoms with Crippen molar-refractivity contribution in [2.24, 2.45) is 10.9 Å². The number of imide groups is 1. The van der Waals surface area contributed by atoms with Crippen LogP contribution in [0.2, 0.25) is 0 Å². The smallest absolute Gasteiger partial charge is 0.275 e. The van der Waals surface area contributed by atoms with Crippen molar-refractivity contribution in [3.63, 3.8) is 0 Å². The summed E-state index contributed by atoms with van der Waals surface area (Å²) >= 11 is 0. The Bertz CT molecular complexity index is 1280. The summed E-state index contributed by atoms with van der Waals surface area (Å²) in [5.74, 6) is -2.72. The number of fused-ring (bicyclic) bond motifs is 1. The van der Waals surface area contributed by atoms with Crippen LogP contribution in [0.1, 0.15) is 19.8 Å². The molecule has 1 fully saturated rings. The van der Waals surface area contributed by atoms with Crippen molar-refractivity contribution in [2.75, 3.05) is 10.2 Å². The van der Waals surface area contributed by atoms with Gasteiger partial charge in [0.15, 0.2) is 0 Å². The quantitative estimate of drug-likeness (QED) is 0.700. The molecule has 0 saturated carbocycles. The number of hydrogen-bond acceptors (Lipinski definition) is 5. The molecule has 2 aromatic rings. The Kier molecular flexibility index (Phi) is 5.20. The summed E-state index contributed by atoms with van der Waals surface area (Å²) in [6, 6.07) is 17.4. The first kappa shape index (κ1) is 21.5. The highest BCUT2D eigenvalue weighted by atomic mass is 16.2. The molecular weight excluding hydrogens is 432 g/mol. The highest BCUT2D eigenvalue weighted by Crippen LogP contribution is 2.44. The fourth-order valence-electron chi connectivity index (χ4n) is 4.74. The van der Waals surface area contributed by atoms with Gasteiger partial charge in [-0.25, -0.2) is 0 Å². The topological polar surface area (TPSA) is 99.2 Å². The zero-order chi connectivity index (χ0) is 23.9. The van der Waals surface area contributed by atoms with Gasteiger partial charge < -0.3 is 10.2 Å². The van der Waals surface area contributed by atoms with Crippen LogP contribution in [0.15, 0.2) is 89.6 Å². The molecule has 8 nitrogen and oxygen atoms in total. The van der Waals surface area contributed by atoms with Crippen LogP contribution < -0.4 is 10.2 Å². The maximum atomic E-state index is 13.7. The van der Waals surface area contributed by atoms with Gasteiger partial charge in [0.05, 0.1) is 18.0 Å². The number of amidine groups is 1. The Morgan fingerprint density at radius 2 is 1.71 bits per heavy atom. The van der Waals surface area contributed by atoms with Crippen LogP contribution in [0.5, 0.6) is 0 Å². The van der Waals surface area contributed by atoms with E-state index in [9.17, 15) is 19.2 Å². The monoisotopic (exact) mass is 454 g/mol. The number of nitrogens with zero attached hydrogens (tertiary/aromatic N) is 3.